The fraction of sp³-hybridized carbons (Fsp3) is 0.348. The Kier molecular flexibility index (Phi) is 6.42. The van der Waals surface area contributed by atoms with Crippen molar-refractivity contribution < 1.29 is 9.66 Å². The van der Waals surface area contributed by atoms with E-state index < -0.39 is 16.6 Å². The SMILES string of the molecule is COC1C=C(N(C)CCN(C)C)C([N+](=O)[O-])=CC1(N)c1ncnc(-c2cccc3cc[nH]c23)n1. The largest absolute Gasteiger partial charge is 0.375 e. The molecular weight excluding hydrogens is 436 g/mol. The predicted octanol–water partition coefficient (Wildman–Crippen LogP) is 1.74. The van der Waals surface area contributed by atoms with E-state index in [2.05, 4.69) is 19.9 Å². The molecular formula is C23H28N8O3. The number of para-hydroxylation sites is 1. The lowest BCUT2D eigenvalue weighted by molar-refractivity contribution is -0.423. The standard InChI is InChI=1S/C23H28N8O3/c1-29(2)10-11-30(3)17-12-19(34-4)23(24,13-18(17)31(32)33)22-27-14-26-21(28-22)16-7-5-6-15-8-9-25-20(15)16/h5-9,12-14,19,25H,10-11,24H2,1-4H3. The highest BCUT2D eigenvalue weighted by molar-refractivity contribution is 5.92. The van der Waals surface area contributed by atoms with Gasteiger partial charge in [-0.3, -0.25) is 10.1 Å². The summed E-state index contributed by atoms with van der Waals surface area (Å²) in [6.45, 7) is 1.32. The lowest BCUT2D eigenvalue weighted by Crippen LogP contribution is -2.51. The zero-order valence-corrected chi connectivity index (χ0v) is 19.6. The molecule has 1 aromatic carbocycles. The molecule has 2 atom stereocenters. The molecule has 0 spiro atoms. The minimum absolute atomic E-state index is 0.120. The van der Waals surface area contributed by atoms with Crippen molar-refractivity contribution in [3.63, 3.8) is 0 Å². The number of methoxy groups -OCH3 is 1. The first-order valence-corrected chi connectivity index (χ1v) is 10.8. The van der Waals surface area contributed by atoms with E-state index >= 15 is 0 Å². The number of ether oxygens (including phenoxy) is 1. The zero-order valence-electron chi connectivity index (χ0n) is 19.6. The molecule has 0 amide bonds. The van der Waals surface area contributed by atoms with Crippen molar-refractivity contribution in [3.8, 4) is 11.4 Å². The summed E-state index contributed by atoms with van der Waals surface area (Å²) in [7, 11) is 7.21. The van der Waals surface area contributed by atoms with Crippen molar-refractivity contribution >= 4 is 10.9 Å². The first-order valence-electron chi connectivity index (χ1n) is 10.8. The van der Waals surface area contributed by atoms with Crippen LogP contribution in [0.2, 0.25) is 0 Å². The molecule has 0 fully saturated rings. The van der Waals surface area contributed by atoms with Gasteiger partial charge in [0.15, 0.2) is 11.6 Å². The number of aromatic amines is 1. The molecule has 0 saturated heterocycles. The number of hydrogen-bond acceptors (Lipinski definition) is 9. The molecule has 2 unspecified atom stereocenters. The average Bonchev–Trinajstić information content (AvgIpc) is 3.31. The number of nitrogens with one attached hydrogen (secondary N) is 1. The summed E-state index contributed by atoms with van der Waals surface area (Å²) in [4.78, 5) is 31.9. The number of fused-ring (bicyclic) bond motifs is 1. The Morgan fingerprint density at radius 3 is 2.74 bits per heavy atom. The van der Waals surface area contributed by atoms with Crippen molar-refractivity contribution in [2.75, 3.05) is 41.3 Å². The molecule has 0 radical (unpaired) electrons. The fourth-order valence-electron chi connectivity index (χ4n) is 4.05. The first-order chi connectivity index (χ1) is 16.2. The molecule has 3 N–H and O–H groups in total. The minimum Gasteiger partial charge on any atom is -0.375 e. The second-order valence-electron chi connectivity index (χ2n) is 8.53. The molecule has 1 aliphatic rings. The van der Waals surface area contributed by atoms with Crippen LogP contribution in [0, 0.1) is 10.1 Å². The summed E-state index contributed by atoms with van der Waals surface area (Å²) in [5, 5.41) is 13.0. The Balaban J connectivity index is 1.77. The second kappa shape index (κ2) is 9.29. The van der Waals surface area contributed by atoms with E-state index in [1.54, 1.807) is 13.1 Å². The van der Waals surface area contributed by atoms with Crippen LogP contribution < -0.4 is 5.73 Å². The lowest BCUT2D eigenvalue weighted by atomic mass is 9.85. The highest BCUT2D eigenvalue weighted by Crippen LogP contribution is 2.35. The quantitative estimate of drug-likeness (QED) is 0.377. The molecule has 1 aliphatic carbocycles. The number of hydrogen-bond donors (Lipinski definition) is 2. The van der Waals surface area contributed by atoms with Crippen LogP contribution in [0.3, 0.4) is 0 Å². The van der Waals surface area contributed by atoms with Crippen LogP contribution in [0.25, 0.3) is 22.3 Å². The Morgan fingerprint density at radius 2 is 2.03 bits per heavy atom. The molecule has 178 valence electrons. The summed E-state index contributed by atoms with van der Waals surface area (Å²) < 4.78 is 5.69. The summed E-state index contributed by atoms with van der Waals surface area (Å²) in [6, 6.07) is 7.74. The van der Waals surface area contributed by atoms with Gasteiger partial charge in [0.25, 0.3) is 5.70 Å². The van der Waals surface area contributed by atoms with Crippen LogP contribution in [0.15, 0.2) is 60.3 Å². The topological polar surface area (TPSA) is 139 Å². The number of nitrogens with two attached hydrogens (primary N) is 1. The molecule has 0 saturated carbocycles. The lowest BCUT2D eigenvalue weighted by Gasteiger charge is -2.35. The van der Waals surface area contributed by atoms with Gasteiger partial charge in [-0.25, -0.2) is 15.0 Å². The van der Waals surface area contributed by atoms with Gasteiger partial charge in [0.05, 0.1) is 10.4 Å². The van der Waals surface area contributed by atoms with Crippen LogP contribution >= 0.6 is 0 Å². The van der Waals surface area contributed by atoms with Gasteiger partial charge in [-0.2, -0.15) is 0 Å². The van der Waals surface area contributed by atoms with Crippen LogP contribution in [-0.2, 0) is 10.3 Å². The summed E-state index contributed by atoms with van der Waals surface area (Å²) in [5.74, 6) is 0.588. The van der Waals surface area contributed by atoms with Crippen molar-refractivity contribution in [2.45, 2.75) is 11.6 Å². The number of rotatable bonds is 8. The van der Waals surface area contributed by atoms with Gasteiger partial charge < -0.3 is 25.3 Å². The fourth-order valence-corrected chi connectivity index (χ4v) is 4.05. The summed E-state index contributed by atoms with van der Waals surface area (Å²) in [6.07, 6.45) is 5.53. The Labute approximate surface area is 197 Å². The maximum Gasteiger partial charge on any atom is 0.290 e. The van der Waals surface area contributed by atoms with Crippen LogP contribution in [0.4, 0.5) is 0 Å². The monoisotopic (exact) mass is 464 g/mol. The van der Waals surface area contributed by atoms with Gasteiger partial charge >= 0.3 is 0 Å². The normalized spacial score (nSPS) is 20.4. The van der Waals surface area contributed by atoms with Crippen molar-refractivity contribution in [2.24, 2.45) is 5.73 Å². The molecule has 11 nitrogen and oxygen atoms in total. The van der Waals surface area contributed by atoms with E-state index in [0.29, 0.717) is 18.1 Å². The second-order valence-corrected chi connectivity index (χ2v) is 8.53. The van der Waals surface area contributed by atoms with E-state index in [0.717, 1.165) is 23.0 Å². The van der Waals surface area contributed by atoms with Crippen molar-refractivity contribution in [1.82, 2.24) is 29.7 Å². The first kappa shape index (κ1) is 23.5. The number of nitrogens with zero attached hydrogens (tertiary/aromatic N) is 6. The third kappa shape index (κ3) is 4.28. The Morgan fingerprint density at radius 1 is 1.24 bits per heavy atom. The molecule has 0 aliphatic heterocycles. The smallest absolute Gasteiger partial charge is 0.290 e. The van der Waals surface area contributed by atoms with E-state index in [1.165, 1.54) is 19.5 Å². The van der Waals surface area contributed by atoms with Gasteiger partial charge in [-0.1, -0.05) is 12.1 Å². The van der Waals surface area contributed by atoms with Gasteiger partial charge in [0, 0.05) is 50.5 Å². The van der Waals surface area contributed by atoms with E-state index in [1.807, 2.05) is 54.4 Å². The highest BCUT2D eigenvalue weighted by atomic mass is 16.6. The third-order valence-corrected chi connectivity index (χ3v) is 5.95. The van der Waals surface area contributed by atoms with Crippen LogP contribution in [0.1, 0.15) is 5.82 Å². The van der Waals surface area contributed by atoms with Crippen LogP contribution in [0.5, 0.6) is 0 Å². The maximum atomic E-state index is 12.0. The number of nitro groups is 1. The number of H-pyrrole nitrogens is 1. The van der Waals surface area contributed by atoms with Crippen LogP contribution in [-0.4, -0.2) is 82.1 Å². The Hall–Kier alpha value is -3.67. The molecule has 11 heteroatoms. The highest BCUT2D eigenvalue weighted by Gasteiger charge is 2.45. The minimum atomic E-state index is -1.47. The maximum absolute atomic E-state index is 12.0. The Bertz CT molecular complexity index is 1270. The van der Waals surface area contributed by atoms with E-state index in [-0.39, 0.29) is 11.5 Å². The molecule has 3 aromatic rings. The van der Waals surface area contributed by atoms with Gasteiger partial charge in [-0.05, 0) is 32.3 Å². The molecule has 34 heavy (non-hydrogen) atoms. The van der Waals surface area contributed by atoms with E-state index in [4.69, 9.17) is 10.5 Å². The summed E-state index contributed by atoms with van der Waals surface area (Å²) in [5.41, 5.74) is 7.25. The molecule has 2 heterocycles. The van der Waals surface area contributed by atoms with Gasteiger partial charge in [0.2, 0.25) is 0 Å². The van der Waals surface area contributed by atoms with Gasteiger partial charge in [-0.15, -0.1) is 0 Å². The number of benzene rings is 1. The molecule has 4 rings (SSSR count). The molecule has 0 bridgehead atoms. The van der Waals surface area contributed by atoms with E-state index in [9.17, 15) is 10.1 Å². The predicted molar refractivity (Wildman–Crippen MR) is 128 cm³/mol. The average molecular weight is 465 g/mol. The summed E-state index contributed by atoms with van der Waals surface area (Å²) >= 11 is 0. The van der Waals surface area contributed by atoms with Gasteiger partial charge in [0.1, 0.15) is 23.7 Å². The third-order valence-electron chi connectivity index (χ3n) is 5.95. The van der Waals surface area contributed by atoms with Crippen molar-refractivity contribution in [1.29, 1.82) is 0 Å². The van der Waals surface area contributed by atoms with Crippen molar-refractivity contribution in [3.05, 3.63) is 76.3 Å². The number of aromatic nitrogens is 4. The number of likely N-dealkylation sites (N-methyl/N-ethyl adjacent to an activating group) is 2. The zero-order chi connectivity index (χ0) is 24.5. The molecule has 2 aromatic heterocycles.